The van der Waals surface area contributed by atoms with Gasteiger partial charge in [0, 0.05) is 12.5 Å². The molecule has 1 aliphatic heterocycles. The first-order valence-corrected chi connectivity index (χ1v) is 9.75. The molecule has 2 aliphatic rings. The molecule has 2 aromatic carbocycles. The first-order valence-electron chi connectivity index (χ1n) is 9.75. The number of carbonyl (C=O) groups is 2. The van der Waals surface area contributed by atoms with E-state index in [1.165, 1.54) is 11.8 Å². The first-order chi connectivity index (χ1) is 14.0. The number of amides is 1. The molecule has 0 aromatic heterocycles. The van der Waals surface area contributed by atoms with Gasteiger partial charge < -0.3 is 20.3 Å². The summed E-state index contributed by atoms with van der Waals surface area (Å²) in [6, 6.07) is 14.8. The molecule has 0 radical (unpaired) electrons. The number of benzene rings is 2. The van der Waals surface area contributed by atoms with Crippen molar-refractivity contribution in [3.05, 3.63) is 59.7 Å². The summed E-state index contributed by atoms with van der Waals surface area (Å²) in [4.78, 5) is 25.0. The Morgan fingerprint density at radius 3 is 2.31 bits per heavy atom. The fraction of sp³-hybridized carbons (Fsp3) is 0.364. The molecule has 1 saturated heterocycles. The number of carboxylic acid groups (broad SMARTS) is 1. The minimum Gasteiger partial charge on any atom is -0.480 e. The van der Waals surface area contributed by atoms with Gasteiger partial charge in [0.2, 0.25) is 0 Å². The van der Waals surface area contributed by atoms with Crippen molar-refractivity contribution in [1.82, 2.24) is 10.2 Å². The number of hydrogen-bond acceptors (Lipinski definition) is 5. The third-order valence-electron chi connectivity index (χ3n) is 5.90. The summed E-state index contributed by atoms with van der Waals surface area (Å²) >= 11 is 0. The molecule has 2 aromatic rings. The van der Waals surface area contributed by atoms with E-state index in [2.05, 4.69) is 17.4 Å². The van der Waals surface area contributed by atoms with Gasteiger partial charge in [0.1, 0.15) is 18.9 Å². The van der Waals surface area contributed by atoms with Crippen molar-refractivity contribution < 1.29 is 24.5 Å². The molecule has 7 heteroatoms. The molecule has 29 heavy (non-hydrogen) atoms. The van der Waals surface area contributed by atoms with Crippen LogP contribution in [0.4, 0.5) is 4.79 Å². The van der Waals surface area contributed by atoms with Gasteiger partial charge in [0.25, 0.3) is 0 Å². The summed E-state index contributed by atoms with van der Waals surface area (Å²) in [5.41, 5.74) is 4.57. The average Bonchev–Trinajstić information content (AvgIpc) is 3.24. The van der Waals surface area contributed by atoms with Crippen molar-refractivity contribution in [3.63, 3.8) is 0 Å². The van der Waals surface area contributed by atoms with Crippen molar-refractivity contribution in [2.45, 2.75) is 37.6 Å². The van der Waals surface area contributed by atoms with Crippen LogP contribution in [0.2, 0.25) is 0 Å². The molecule has 7 nitrogen and oxygen atoms in total. The maximum absolute atomic E-state index is 12.4. The topological polar surface area (TPSA) is 99.1 Å². The van der Waals surface area contributed by atoms with Crippen LogP contribution in [0.3, 0.4) is 0 Å². The zero-order valence-corrected chi connectivity index (χ0v) is 16.1. The van der Waals surface area contributed by atoms with Crippen LogP contribution in [0.5, 0.6) is 0 Å². The second-order valence-electron chi connectivity index (χ2n) is 7.53. The Bertz CT molecular complexity index is 885. The predicted octanol–water partition coefficient (Wildman–Crippen LogP) is 2.39. The summed E-state index contributed by atoms with van der Waals surface area (Å²) in [6.07, 6.45) is -1.20. The van der Waals surface area contributed by atoms with Crippen LogP contribution in [0.25, 0.3) is 11.1 Å². The van der Waals surface area contributed by atoms with Crippen LogP contribution in [0, 0.1) is 0 Å². The number of aliphatic hydroxyl groups is 1. The molecule has 0 spiro atoms. The predicted molar refractivity (Wildman–Crippen MR) is 106 cm³/mol. The molecule has 1 fully saturated rings. The number of carbonyl (C=O) groups excluding carboxylic acids is 1. The lowest BCUT2D eigenvalue weighted by Gasteiger charge is -2.26. The number of carboxylic acids is 1. The molecule has 3 N–H and O–H groups in total. The number of hydrogen-bond donors (Lipinski definition) is 3. The van der Waals surface area contributed by atoms with E-state index < -0.39 is 30.4 Å². The Hall–Kier alpha value is -2.90. The molecule has 4 rings (SSSR count). The van der Waals surface area contributed by atoms with Gasteiger partial charge >= 0.3 is 12.1 Å². The highest BCUT2D eigenvalue weighted by Gasteiger charge is 2.39. The quantitative estimate of drug-likeness (QED) is 0.718. The second-order valence-corrected chi connectivity index (χ2v) is 7.53. The Morgan fingerprint density at radius 1 is 1.14 bits per heavy atom. The highest BCUT2D eigenvalue weighted by atomic mass is 16.5. The molecule has 3 atom stereocenters. The minimum atomic E-state index is -1.05. The van der Waals surface area contributed by atoms with Crippen molar-refractivity contribution in [2.75, 3.05) is 13.2 Å². The third-order valence-corrected chi connectivity index (χ3v) is 5.90. The van der Waals surface area contributed by atoms with Crippen LogP contribution in [-0.4, -0.2) is 58.6 Å². The monoisotopic (exact) mass is 396 g/mol. The molecular formula is C22H24N2O5. The number of nitrogens with one attached hydrogen (secondary N) is 1. The molecule has 0 bridgehead atoms. The van der Waals surface area contributed by atoms with Gasteiger partial charge in [-0.05, 0) is 35.6 Å². The Morgan fingerprint density at radius 2 is 1.72 bits per heavy atom. The van der Waals surface area contributed by atoms with E-state index in [1.807, 2.05) is 36.4 Å². The van der Waals surface area contributed by atoms with Crippen LogP contribution in [0.15, 0.2) is 48.5 Å². The minimum absolute atomic E-state index is 0.0369. The van der Waals surface area contributed by atoms with Gasteiger partial charge in [0.15, 0.2) is 0 Å². The van der Waals surface area contributed by atoms with E-state index in [0.717, 1.165) is 22.3 Å². The van der Waals surface area contributed by atoms with Gasteiger partial charge in [0.05, 0.1) is 6.04 Å². The lowest BCUT2D eigenvalue weighted by Crippen LogP contribution is -2.49. The normalized spacial score (nSPS) is 22.0. The smallest absolute Gasteiger partial charge is 0.407 e. The van der Waals surface area contributed by atoms with E-state index in [4.69, 9.17) is 9.84 Å². The molecule has 1 heterocycles. The second kappa shape index (κ2) is 7.85. The summed E-state index contributed by atoms with van der Waals surface area (Å²) in [5, 5.41) is 22.2. The van der Waals surface area contributed by atoms with E-state index in [0.29, 0.717) is 13.0 Å². The lowest BCUT2D eigenvalue weighted by atomic mass is 9.98. The van der Waals surface area contributed by atoms with Gasteiger partial charge in [-0.15, -0.1) is 0 Å². The number of alkyl carbamates (subject to hydrolysis) is 1. The summed E-state index contributed by atoms with van der Waals surface area (Å²) in [5.74, 6) is -1.05. The summed E-state index contributed by atoms with van der Waals surface area (Å²) in [7, 11) is 0. The van der Waals surface area contributed by atoms with E-state index in [-0.39, 0.29) is 12.5 Å². The van der Waals surface area contributed by atoms with Crippen LogP contribution < -0.4 is 5.32 Å². The number of likely N-dealkylation sites (tertiary alicyclic amines) is 1. The third kappa shape index (κ3) is 3.59. The summed E-state index contributed by atoms with van der Waals surface area (Å²) in [6.45, 7) is 2.10. The highest BCUT2D eigenvalue weighted by molar-refractivity contribution is 5.79. The number of fused-ring (bicyclic) bond motifs is 3. The fourth-order valence-electron chi connectivity index (χ4n) is 4.30. The zero-order valence-electron chi connectivity index (χ0n) is 16.1. The van der Waals surface area contributed by atoms with Crippen molar-refractivity contribution in [3.8, 4) is 11.1 Å². The number of ether oxygens (including phenoxy) is 1. The Kier molecular flexibility index (Phi) is 5.25. The van der Waals surface area contributed by atoms with Crippen LogP contribution in [-0.2, 0) is 9.53 Å². The largest absolute Gasteiger partial charge is 0.480 e. The van der Waals surface area contributed by atoms with Gasteiger partial charge in [-0.3, -0.25) is 9.69 Å². The van der Waals surface area contributed by atoms with Gasteiger partial charge in [-0.2, -0.15) is 0 Å². The van der Waals surface area contributed by atoms with Crippen molar-refractivity contribution in [2.24, 2.45) is 0 Å². The number of aliphatic carboxylic acids is 1. The molecular weight excluding hydrogens is 372 g/mol. The zero-order chi connectivity index (χ0) is 20.5. The van der Waals surface area contributed by atoms with E-state index >= 15 is 0 Å². The van der Waals surface area contributed by atoms with Gasteiger partial charge in [-0.1, -0.05) is 48.5 Å². The van der Waals surface area contributed by atoms with Crippen LogP contribution in [0.1, 0.15) is 30.4 Å². The molecule has 1 unspecified atom stereocenters. The maximum atomic E-state index is 12.4. The first kappa shape index (κ1) is 19.4. The molecule has 1 aliphatic carbocycles. The van der Waals surface area contributed by atoms with Crippen LogP contribution >= 0.6 is 0 Å². The maximum Gasteiger partial charge on any atom is 0.407 e. The lowest BCUT2D eigenvalue weighted by molar-refractivity contribution is -0.146. The molecule has 1 amide bonds. The standard InChI is InChI=1S/C22H24N2O5/c1-13(21(26)27)24-11-10-19(20(24)25)23-22(28)29-12-18-16-8-4-2-6-14(16)15-7-3-5-9-17(15)18/h2-9,13,18-20,25H,10-12H2,1H3,(H,23,28)(H,26,27)/t13-,19+,20?/m0/s1. The van der Waals surface area contributed by atoms with Crippen molar-refractivity contribution >= 4 is 12.1 Å². The average molecular weight is 396 g/mol. The van der Waals surface area contributed by atoms with Crippen molar-refractivity contribution in [1.29, 1.82) is 0 Å². The number of aliphatic hydroxyl groups excluding tert-OH is 1. The SMILES string of the molecule is C[C@@H](C(=O)O)N1CC[C@@H](NC(=O)OCC2c3ccccc3-c3ccccc32)C1O. The highest BCUT2D eigenvalue weighted by Crippen LogP contribution is 2.44. The summed E-state index contributed by atoms with van der Waals surface area (Å²) < 4.78 is 5.50. The molecule has 152 valence electrons. The number of rotatable bonds is 5. The van der Waals surface area contributed by atoms with E-state index in [9.17, 15) is 14.7 Å². The number of nitrogens with zero attached hydrogens (tertiary/aromatic N) is 1. The Labute approximate surface area is 168 Å². The Balaban J connectivity index is 1.39. The molecule has 0 saturated carbocycles. The fourth-order valence-corrected chi connectivity index (χ4v) is 4.30. The van der Waals surface area contributed by atoms with Gasteiger partial charge in [-0.25, -0.2) is 4.79 Å². The van der Waals surface area contributed by atoms with E-state index in [1.54, 1.807) is 0 Å².